The number of hydrogen-bond donors (Lipinski definition) is 0. The summed E-state index contributed by atoms with van der Waals surface area (Å²) < 4.78 is 0. The van der Waals surface area contributed by atoms with Gasteiger partial charge in [0.25, 0.3) is 0 Å². The van der Waals surface area contributed by atoms with Crippen molar-refractivity contribution in [3.63, 3.8) is 0 Å². The highest BCUT2D eigenvalue weighted by Crippen LogP contribution is 2.32. The lowest BCUT2D eigenvalue weighted by Crippen LogP contribution is -1.80. The number of halogens is 2. The number of benzene rings is 1. The number of hydrogen-bond acceptors (Lipinski definition) is 1. The molecule has 2 rings (SSSR count). The molecule has 0 aliphatic rings. The second kappa shape index (κ2) is 4.35. The first-order valence-corrected chi connectivity index (χ1v) is 5.99. The average molecular weight is 243 g/mol. The van der Waals surface area contributed by atoms with Gasteiger partial charge in [-0.15, -0.1) is 22.9 Å². The maximum absolute atomic E-state index is 6.11. The standard InChI is InChI=1S/C11H8Cl2S/c12-7-8-3-4-10(13)9(6-8)11-2-1-5-14-11/h1-6H,7H2. The van der Waals surface area contributed by atoms with E-state index in [1.165, 1.54) is 4.88 Å². The van der Waals surface area contributed by atoms with Crippen molar-refractivity contribution in [1.82, 2.24) is 0 Å². The zero-order chi connectivity index (χ0) is 9.97. The highest BCUT2D eigenvalue weighted by Gasteiger charge is 2.04. The van der Waals surface area contributed by atoms with E-state index < -0.39 is 0 Å². The number of rotatable bonds is 2. The smallest absolute Gasteiger partial charge is 0.0492 e. The Morgan fingerprint density at radius 1 is 1.21 bits per heavy atom. The first kappa shape index (κ1) is 10.0. The third-order valence-electron chi connectivity index (χ3n) is 1.97. The molecule has 2 aromatic rings. The largest absolute Gasteiger partial charge is 0.144 e. The zero-order valence-electron chi connectivity index (χ0n) is 7.34. The van der Waals surface area contributed by atoms with Crippen LogP contribution in [-0.4, -0.2) is 0 Å². The van der Waals surface area contributed by atoms with Gasteiger partial charge in [-0.1, -0.05) is 23.7 Å². The molecule has 0 aliphatic heterocycles. The lowest BCUT2D eigenvalue weighted by atomic mass is 10.1. The molecule has 0 atom stereocenters. The number of alkyl halides is 1. The summed E-state index contributed by atoms with van der Waals surface area (Å²) in [5.74, 6) is 0.523. The van der Waals surface area contributed by atoms with E-state index in [2.05, 4.69) is 6.07 Å². The summed E-state index contributed by atoms with van der Waals surface area (Å²) in [6.07, 6.45) is 0. The predicted molar refractivity (Wildman–Crippen MR) is 64.3 cm³/mol. The Bertz CT molecular complexity index is 421. The predicted octanol–water partition coefficient (Wildman–Crippen LogP) is 4.81. The minimum absolute atomic E-state index is 0.523. The van der Waals surface area contributed by atoms with E-state index >= 15 is 0 Å². The summed E-state index contributed by atoms with van der Waals surface area (Å²) in [5.41, 5.74) is 2.17. The van der Waals surface area contributed by atoms with Gasteiger partial charge in [0.15, 0.2) is 0 Å². The van der Waals surface area contributed by atoms with Crippen LogP contribution in [0.15, 0.2) is 35.7 Å². The second-order valence-corrected chi connectivity index (χ2v) is 4.55. The normalized spacial score (nSPS) is 10.4. The molecule has 0 saturated carbocycles. The molecular weight excluding hydrogens is 235 g/mol. The van der Waals surface area contributed by atoms with Gasteiger partial charge >= 0.3 is 0 Å². The third kappa shape index (κ3) is 1.95. The van der Waals surface area contributed by atoms with Gasteiger partial charge in [-0.25, -0.2) is 0 Å². The monoisotopic (exact) mass is 242 g/mol. The third-order valence-corrected chi connectivity index (χ3v) is 3.51. The molecule has 0 fully saturated rings. The molecule has 1 heterocycles. The Morgan fingerprint density at radius 3 is 2.71 bits per heavy atom. The lowest BCUT2D eigenvalue weighted by Gasteiger charge is -2.03. The molecule has 3 heteroatoms. The summed E-state index contributed by atoms with van der Waals surface area (Å²) in [7, 11) is 0. The maximum atomic E-state index is 6.11. The van der Waals surface area contributed by atoms with Crippen LogP contribution >= 0.6 is 34.5 Å². The molecule has 14 heavy (non-hydrogen) atoms. The van der Waals surface area contributed by atoms with Gasteiger partial charge in [-0.3, -0.25) is 0 Å². The Labute approximate surface area is 97.1 Å². The molecule has 0 spiro atoms. The molecule has 0 aliphatic carbocycles. The van der Waals surface area contributed by atoms with Gasteiger partial charge in [0.2, 0.25) is 0 Å². The van der Waals surface area contributed by atoms with Crippen LogP contribution in [-0.2, 0) is 5.88 Å². The highest BCUT2D eigenvalue weighted by molar-refractivity contribution is 7.13. The van der Waals surface area contributed by atoms with Crippen LogP contribution in [0.25, 0.3) is 10.4 Å². The first-order chi connectivity index (χ1) is 6.81. The van der Waals surface area contributed by atoms with E-state index in [9.17, 15) is 0 Å². The highest BCUT2D eigenvalue weighted by atomic mass is 35.5. The fraction of sp³-hybridized carbons (Fsp3) is 0.0909. The summed E-state index contributed by atoms with van der Waals surface area (Å²) in [6.45, 7) is 0. The van der Waals surface area contributed by atoms with Gasteiger partial charge < -0.3 is 0 Å². The van der Waals surface area contributed by atoms with Crippen LogP contribution < -0.4 is 0 Å². The first-order valence-electron chi connectivity index (χ1n) is 4.19. The molecule has 1 aromatic heterocycles. The van der Waals surface area contributed by atoms with Gasteiger partial charge in [0.05, 0.1) is 0 Å². The maximum Gasteiger partial charge on any atom is 0.0492 e. The fourth-order valence-corrected chi connectivity index (χ4v) is 2.47. The van der Waals surface area contributed by atoms with Crippen LogP contribution in [0.5, 0.6) is 0 Å². The van der Waals surface area contributed by atoms with Gasteiger partial charge in [0.1, 0.15) is 0 Å². The van der Waals surface area contributed by atoms with Crippen molar-refractivity contribution in [3.05, 3.63) is 46.3 Å². The van der Waals surface area contributed by atoms with Crippen molar-refractivity contribution in [2.75, 3.05) is 0 Å². The van der Waals surface area contributed by atoms with Crippen LogP contribution in [0.1, 0.15) is 5.56 Å². The summed E-state index contributed by atoms with van der Waals surface area (Å²) in [6, 6.07) is 9.97. The average Bonchev–Trinajstić information content (AvgIpc) is 2.71. The SMILES string of the molecule is ClCc1ccc(Cl)c(-c2cccs2)c1. The molecule has 0 bridgehead atoms. The van der Waals surface area contributed by atoms with Crippen LogP contribution in [0.4, 0.5) is 0 Å². The van der Waals surface area contributed by atoms with Gasteiger partial charge in [-0.2, -0.15) is 0 Å². The van der Waals surface area contributed by atoms with E-state index in [1.54, 1.807) is 11.3 Å². The van der Waals surface area contributed by atoms with Crippen molar-refractivity contribution in [1.29, 1.82) is 0 Å². The Hall–Kier alpha value is -0.500. The molecule has 0 unspecified atom stereocenters. The topological polar surface area (TPSA) is 0 Å². The summed E-state index contributed by atoms with van der Waals surface area (Å²) in [4.78, 5) is 1.18. The molecule has 0 nitrogen and oxygen atoms in total. The van der Waals surface area contributed by atoms with E-state index in [4.69, 9.17) is 23.2 Å². The minimum Gasteiger partial charge on any atom is -0.144 e. The summed E-state index contributed by atoms with van der Waals surface area (Å²) >= 11 is 13.6. The molecule has 0 amide bonds. The molecule has 1 aromatic carbocycles. The van der Waals surface area contributed by atoms with E-state index in [1.807, 2.05) is 29.6 Å². The molecule has 72 valence electrons. The molecule has 0 N–H and O–H groups in total. The van der Waals surface area contributed by atoms with E-state index in [-0.39, 0.29) is 0 Å². The van der Waals surface area contributed by atoms with Crippen molar-refractivity contribution in [3.8, 4) is 10.4 Å². The van der Waals surface area contributed by atoms with Crippen molar-refractivity contribution >= 4 is 34.5 Å². The Kier molecular flexibility index (Phi) is 3.12. The van der Waals surface area contributed by atoms with E-state index in [0.717, 1.165) is 16.1 Å². The Morgan fingerprint density at radius 2 is 2.07 bits per heavy atom. The minimum atomic E-state index is 0.523. The van der Waals surface area contributed by atoms with Crippen LogP contribution in [0.2, 0.25) is 5.02 Å². The molecular formula is C11H8Cl2S. The lowest BCUT2D eigenvalue weighted by molar-refractivity contribution is 1.41. The van der Waals surface area contributed by atoms with Gasteiger partial charge in [-0.05, 0) is 29.1 Å². The second-order valence-electron chi connectivity index (χ2n) is 2.93. The zero-order valence-corrected chi connectivity index (χ0v) is 9.66. The summed E-state index contributed by atoms with van der Waals surface area (Å²) in [5, 5.41) is 2.82. The van der Waals surface area contributed by atoms with E-state index in [0.29, 0.717) is 5.88 Å². The van der Waals surface area contributed by atoms with Crippen molar-refractivity contribution in [2.24, 2.45) is 0 Å². The van der Waals surface area contributed by atoms with Crippen LogP contribution in [0.3, 0.4) is 0 Å². The fourth-order valence-electron chi connectivity index (χ4n) is 1.28. The van der Waals surface area contributed by atoms with Crippen LogP contribution in [0, 0.1) is 0 Å². The quantitative estimate of drug-likeness (QED) is 0.664. The van der Waals surface area contributed by atoms with Gasteiger partial charge in [0, 0.05) is 21.3 Å². The van der Waals surface area contributed by atoms with Crippen molar-refractivity contribution < 1.29 is 0 Å². The Balaban J connectivity index is 2.51. The number of thiophene rings is 1. The van der Waals surface area contributed by atoms with Crippen molar-refractivity contribution in [2.45, 2.75) is 5.88 Å². The molecule has 0 saturated heterocycles. The molecule has 0 radical (unpaired) electrons.